The number of anilines is 2. The number of nitrogens with one attached hydrogen (secondary N) is 1. The summed E-state index contributed by atoms with van der Waals surface area (Å²) < 4.78 is 7.34. The third-order valence-electron chi connectivity index (χ3n) is 4.63. The van der Waals surface area contributed by atoms with Crippen molar-refractivity contribution < 1.29 is 14.5 Å². The molecule has 2 heterocycles. The number of nitro groups is 1. The van der Waals surface area contributed by atoms with E-state index in [1.165, 1.54) is 23.9 Å². The fourth-order valence-corrected chi connectivity index (χ4v) is 3.93. The molecule has 1 aliphatic heterocycles. The molecule has 2 aromatic carbocycles. The maximum Gasteiger partial charge on any atom is 0.292 e. The van der Waals surface area contributed by atoms with Gasteiger partial charge in [0.05, 0.1) is 29.6 Å². The lowest BCUT2D eigenvalue weighted by Crippen LogP contribution is -2.37. The molecule has 1 aromatic heterocycles. The zero-order chi connectivity index (χ0) is 21.6. The molecule has 0 unspecified atom stereocenters. The fraction of sp³-hybridized carbons (Fsp3) is 0.250. The molecule has 0 atom stereocenters. The molecular formula is C20H20N6O4S. The average molecular weight is 440 g/mol. The number of rotatable bonds is 7. The lowest BCUT2D eigenvalue weighted by Gasteiger charge is -2.27. The van der Waals surface area contributed by atoms with Gasteiger partial charge >= 0.3 is 0 Å². The van der Waals surface area contributed by atoms with Crippen molar-refractivity contribution in [2.45, 2.75) is 5.16 Å². The second-order valence-corrected chi connectivity index (χ2v) is 7.61. The largest absolute Gasteiger partial charge is 0.378 e. The number of hydrogen-bond acceptors (Lipinski definition) is 8. The van der Waals surface area contributed by atoms with Crippen LogP contribution >= 0.6 is 11.8 Å². The van der Waals surface area contributed by atoms with Crippen LogP contribution in [0.2, 0.25) is 0 Å². The number of nitrogens with zero attached hydrogens (tertiary/aromatic N) is 5. The Morgan fingerprint density at radius 1 is 1.10 bits per heavy atom. The van der Waals surface area contributed by atoms with Gasteiger partial charge in [-0.25, -0.2) is 0 Å². The molecule has 0 aliphatic carbocycles. The van der Waals surface area contributed by atoms with E-state index in [0.717, 1.165) is 5.69 Å². The van der Waals surface area contributed by atoms with Crippen LogP contribution in [0.15, 0.2) is 59.8 Å². The standard InChI is InChI=1S/C20H20N6O4S/c27-18(21-16-8-4-5-9-17(16)26(28)29)14-31-20-23-22-19(24-10-12-30-13-11-24)25(20)15-6-2-1-3-7-15/h1-9H,10-14H2,(H,21,27). The maximum atomic E-state index is 12.5. The quantitative estimate of drug-likeness (QED) is 0.339. The molecule has 1 fully saturated rings. The number of morpholine rings is 1. The molecule has 0 radical (unpaired) electrons. The Morgan fingerprint density at radius 2 is 1.81 bits per heavy atom. The molecule has 1 aliphatic rings. The number of aromatic nitrogens is 3. The van der Waals surface area contributed by atoms with Gasteiger partial charge in [-0.2, -0.15) is 0 Å². The first kappa shape index (κ1) is 20.8. The molecular weight excluding hydrogens is 420 g/mol. The van der Waals surface area contributed by atoms with Gasteiger partial charge in [0.25, 0.3) is 5.69 Å². The second-order valence-electron chi connectivity index (χ2n) is 6.66. The van der Waals surface area contributed by atoms with Crippen LogP contribution in [0.5, 0.6) is 0 Å². The van der Waals surface area contributed by atoms with E-state index in [1.54, 1.807) is 12.1 Å². The van der Waals surface area contributed by atoms with Gasteiger partial charge in [0.2, 0.25) is 11.9 Å². The van der Waals surface area contributed by atoms with Crippen molar-refractivity contribution in [1.82, 2.24) is 14.8 Å². The van der Waals surface area contributed by atoms with E-state index in [1.807, 2.05) is 34.9 Å². The van der Waals surface area contributed by atoms with Gasteiger partial charge in [-0.3, -0.25) is 19.5 Å². The van der Waals surface area contributed by atoms with Crippen LogP contribution in [0.25, 0.3) is 5.69 Å². The van der Waals surface area contributed by atoms with Gasteiger partial charge < -0.3 is 15.0 Å². The highest BCUT2D eigenvalue weighted by Gasteiger charge is 2.22. The zero-order valence-corrected chi connectivity index (χ0v) is 17.3. The lowest BCUT2D eigenvalue weighted by atomic mass is 10.2. The van der Waals surface area contributed by atoms with Crippen molar-refractivity contribution in [3.8, 4) is 5.69 Å². The monoisotopic (exact) mass is 440 g/mol. The van der Waals surface area contributed by atoms with Crippen LogP contribution < -0.4 is 10.2 Å². The summed E-state index contributed by atoms with van der Waals surface area (Å²) in [5.41, 5.74) is 0.898. The minimum absolute atomic E-state index is 0.0279. The molecule has 11 heteroatoms. The first-order chi connectivity index (χ1) is 15.1. The van der Waals surface area contributed by atoms with E-state index in [9.17, 15) is 14.9 Å². The first-order valence-electron chi connectivity index (χ1n) is 9.63. The Balaban J connectivity index is 1.53. The number of amides is 1. The number of para-hydroxylation sites is 3. The van der Waals surface area contributed by atoms with E-state index >= 15 is 0 Å². The zero-order valence-electron chi connectivity index (χ0n) is 16.5. The summed E-state index contributed by atoms with van der Waals surface area (Å²) >= 11 is 1.22. The maximum absolute atomic E-state index is 12.5. The molecule has 31 heavy (non-hydrogen) atoms. The van der Waals surface area contributed by atoms with Gasteiger partial charge in [0.15, 0.2) is 5.16 Å². The van der Waals surface area contributed by atoms with Crippen molar-refractivity contribution in [2.24, 2.45) is 0 Å². The Bertz CT molecular complexity index is 1070. The number of benzene rings is 2. The molecule has 0 bridgehead atoms. The molecule has 0 spiro atoms. The minimum Gasteiger partial charge on any atom is -0.378 e. The second kappa shape index (κ2) is 9.58. The highest BCUT2D eigenvalue weighted by Crippen LogP contribution is 2.28. The Morgan fingerprint density at radius 3 is 2.55 bits per heavy atom. The number of carbonyl (C=O) groups excluding carboxylic acids is 1. The highest BCUT2D eigenvalue weighted by molar-refractivity contribution is 7.99. The van der Waals surface area contributed by atoms with Crippen LogP contribution in [-0.2, 0) is 9.53 Å². The number of thioether (sulfide) groups is 1. The Kier molecular flexibility index (Phi) is 6.43. The number of carbonyl (C=O) groups is 1. The van der Waals surface area contributed by atoms with Gasteiger partial charge in [0.1, 0.15) is 5.69 Å². The van der Waals surface area contributed by atoms with E-state index < -0.39 is 4.92 Å². The van der Waals surface area contributed by atoms with Crippen LogP contribution in [0, 0.1) is 10.1 Å². The predicted octanol–water partition coefficient (Wildman–Crippen LogP) is 2.74. The van der Waals surface area contributed by atoms with Crippen LogP contribution in [0.3, 0.4) is 0 Å². The topological polar surface area (TPSA) is 115 Å². The molecule has 3 aromatic rings. The third-order valence-corrected chi connectivity index (χ3v) is 5.56. The van der Waals surface area contributed by atoms with Crippen molar-refractivity contribution >= 4 is 35.0 Å². The first-order valence-corrected chi connectivity index (χ1v) is 10.6. The third kappa shape index (κ3) is 4.84. The van der Waals surface area contributed by atoms with Crippen LogP contribution in [-0.4, -0.2) is 57.7 Å². The SMILES string of the molecule is O=C(CSc1nnc(N2CCOCC2)n1-c1ccccc1)Nc1ccccc1[N+](=O)[O-]. The summed E-state index contributed by atoms with van der Waals surface area (Å²) in [6.07, 6.45) is 0. The predicted molar refractivity (Wildman–Crippen MR) is 117 cm³/mol. The smallest absolute Gasteiger partial charge is 0.292 e. The van der Waals surface area contributed by atoms with E-state index in [-0.39, 0.29) is 23.0 Å². The summed E-state index contributed by atoms with van der Waals surface area (Å²) in [4.78, 5) is 25.2. The molecule has 4 rings (SSSR count). The Labute approximate surface area is 182 Å². The average Bonchev–Trinajstić information content (AvgIpc) is 3.23. The molecule has 10 nitrogen and oxygen atoms in total. The van der Waals surface area contributed by atoms with Crippen molar-refractivity contribution in [3.05, 3.63) is 64.7 Å². The number of hydrogen-bond donors (Lipinski definition) is 1. The van der Waals surface area contributed by atoms with Crippen molar-refractivity contribution in [2.75, 3.05) is 42.3 Å². The number of ether oxygens (including phenoxy) is 1. The van der Waals surface area contributed by atoms with Gasteiger partial charge in [-0.1, -0.05) is 42.1 Å². The van der Waals surface area contributed by atoms with Crippen LogP contribution in [0.4, 0.5) is 17.3 Å². The van der Waals surface area contributed by atoms with Crippen LogP contribution in [0.1, 0.15) is 0 Å². The van der Waals surface area contributed by atoms with Gasteiger partial charge in [-0.05, 0) is 18.2 Å². The highest BCUT2D eigenvalue weighted by atomic mass is 32.2. The molecule has 1 N–H and O–H groups in total. The molecule has 1 saturated heterocycles. The summed E-state index contributed by atoms with van der Waals surface area (Å²) in [5, 5.41) is 23.0. The van der Waals surface area contributed by atoms with E-state index in [2.05, 4.69) is 20.4 Å². The lowest BCUT2D eigenvalue weighted by molar-refractivity contribution is -0.383. The van der Waals surface area contributed by atoms with E-state index in [0.29, 0.717) is 37.4 Å². The fourth-order valence-electron chi connectivity index (χ4n) is 3.18. The van der Waals surface area contributed by atoms with Crippen molar-refractivity contribution in [3.63, 3.8) is 0 Å². The van der Waals surface area contributed by atoms with Gasteiger partial charge in [-0.15, -0.1) is 10.2 Å². The van der Waals surface area contributed by atoms with Gasteiger partial charge in [0, 0.05) is 19.2 Å². The summed E-state index contributed by atoms with van der Waals surface area (Å²) in [5.74, 6) is 0.353. The molecule has 0 saturated carbocycles. The summed E-state index contributed by atoms with van der Waals surface area (Å²) in [6.45, 7) is 2.63. The summed E-state index contributed by atoms with van der Waals surface area (Å²) in [6, 6.07) is 15.7. The Hall–Kier alpha value is -3.44. The van der Waals surface area contributed by atoms with Crippen molar-refractivity contribution in [1.29, 1.82) is 0 Å². The molecule has 1 amide bonds. The normalized spacial score (nSPS) is 13.7. The summed E-state index contributed by atoms with van der Waals surface area (Å²) in [7, 11) is 0. The minimum atomic E-state index is -0.524. The molecule has 160 valence electrons. The van der Waals surface area contributed by atoms with E-state index in [4.69, 9.17) is 4.74 Å². The number of nitro benzene ring substituents is 1.